The summed E-state index contributed by atoms with van der Waals surface area (Å²) in [6, 6.07) is 9.16. The van der Waals surface area contributed by atoms with Gasteiger partial charge in [0.1, 0.15) is 6.04 Å². The molecule has 94 valence electrons. The first kappa shape index (κ1) is 12.3. The Morgan fingerprint density at radius 2 is 2.06 bits per heavy atom. The maximum absolute atomic E-state index is 11.3. The van der Waals surface area contributed by atoms with E-state index in [1.807, 2.05) is 37.3 Å². The van der Waals surface area contributed by atoms with E-state index in [0.717, 1.165) is 5.56 Å². The van der Waals surface area contributed by atoms with Crippen LogP contribution in [0.5, 0.6) is 0 Å². The van der Waals surface area contributed by atoms with E-state index in [1.54, 1.807) is 0 Å². The highest BCUT2D eigenvalue weighted by molar-refractivity contribution is 5.73. The molecule has 0 aliphatic carbocycles. The molecule has 0 spiro atoms. The van der Waals surface area contributed by atoms with E-state index in [1.165, 1.54) is 6.92 Å². The van der Waals surface area contributed by atoms with Gasteiger partial charge in [-0.05, 0) is 5.56 Å². The summed E-state index contributed by atoms with van der Waals surface area (Å²) in [4.78, 5) is 11.3. The summed E-state index contributed by atoms with van der Waals surface area (Å²) >= 11 is 0. The maximum atomic E-state index is 11.3. The quantitative estimate of drug-likeness (QED) is 0.892. The number of carbonyl (C=O) groups excluding carboxylic acids is 1. The average molecular weight is 245 g/mol. The van der Waals surface area contributed by atoms with Crippen LogP contribution in [0.1, 0.15) is 37.2 Å². The summed E-state index contributed by atoms with van der Waals surface area (Å²) in [6.45, 7) is 3.40. The standard InChI is InChI=1S/C13H15N3O2/c1-3-11-15-16-13(18-11)12(14-9(2)17)10-7-5-4-6-8-10/h4-8,12H,3H2,1-2H3,(H,14,17)/t12-/m0/s1. The minimum absolute atomic E-state index is 0.139. The molecular weight excluding hydrogens is 230 g/mol. The third kappa shape index (κ3) is 2.74. The summed E-state index contributed by atoms with van der Waals surface area (Å²) in [6.07, 6.45) is 0.675. The number of aromatic nitrogens is 2. The predicted molar refractivity (Wildman–Crippen MR) is 65.8 cm³/mol. The number of nitrogens with one attached hydrogen (secondary N) is 1. The van der Waals surface area contributed by atoms with Crippen molar-refractivity contribution >= 4 is 5.91 Å². The molecule has 2 rings (SSSR count). The molecule has 1 heterocycles. The topological polar surface area (TPSA) is 68.0 Å². The van der Waals surface area contributed by atoms with Crippen molar-refractivity contribution in [1.29, 1.82) is 0 Å². The van der Waals surface area contributed by atoms with Crippen LogP contribution in [0.25, 0.3) is 0 Å². The fourth-order valence-corrected chi connectivity index (χ4v) is 1.66. The van der Waals surface area contributed by atoms with Crippen LogP contribution in [-0.4, -0.2) is 16.1 Å². The number of rotatable bonds is 4. The molecule has 18 heavy (non-hydrogen) atoms. The number of carbonyl (C=O) groups is 1. The van der Waals surface area contributed by atoms with Gasteiger partial charge in [-0.25, -0.2) is 0 Å². The second-order valence-corrected chi connectivity index (χ2v) is 3.93. The SMILES string of the molecule is CCc1nnc([C@@H](NC(C)=O)c2ccccc2)o1. The third-order valence-electron chi connectivity index (χ3n) is 2.51. The van der Waals surface area contributed by atoms with Crippen LogP contribution in [0, 0.1) is 0 Å². The molecule has 0 bridgehead atoms. The van der Waals surface area contributed by atoms with Gasteiger partial charge in [0, 0.05) is 13.3 Å². The van der Waals surface area contributed by atoms with Gasteiger partial charge >= 0.3 is 0 Å². The summed E-state index contributed by atoms with van der Waals surface area (Å²) in [5.74, 6) is 0.838. The van der Waals surface area contributed by atoms with E-state index in [0.29, 0.717) is 18.2 Å². The number of benzene rings is 1. The van der Waals surface area contributed by atoms with Gasteiger partial charge < -0.3 is 9.73 Å². The minimum Gasteiger partial charge on any atom is -0.423 e. The second kappa shape index (κ2) is 5.44. The molecule has 1 aromatic carbocycles. The van der Waals surface area contributed by atoms with Crippen molar-refractivity contribution in [3.05, 3.63) is 47.7 Å². The zero-order valence-corrected chi connectivity index (χ0v) is 10.4. The van der Waals surface area contributed by atoms with Crippen LogP contribution in [0.15, 0.2) is 34.7 Å². The van der Waals surface area contributed by atoms with Gasteiger partial charge in [-0.3, -0.25) is 4.79 Å². The molecule has 1 amide bonds. The van der Waals surface area contributed by atoms with Crippen molar-refractivity contribution in [3.8, 4) is 0 Å². The van der Waals surface area contributed by atoms with Gasteiger partial charge in [-0.15, -0.1) is 10.2 Å². The Bertz CT molecular complexity index is 522. The van der Waals surface area contributed by atoms with Gasteiger partial charge in [0.15, 0.2) is 0 Å². The van der Waals surface area contributed by atoms with E-state index in [-0.39, 0.29) is 5.91 Å². The Morgan fingerprint density at radius 1 is 1.33 bits per heavy atom. The number of hydrogen-bond donors (Lipinski definition) is 1. The van der Waals surface area contributed by atoms with Crippen LogP contribution in [0.2, 0.25) is 0 Å². The fraction of sp³-hybridized carbons (Fsp3) is 0.308. The first-order valence-corrected chi connectivity index (χ1v) is 5.85. The van der Waals surface area contributed by atoms with Gasteiger partial charge in [-0.1, -0.05) is 37.3 Å². The van der Waals surface area contributed by atoms with Crippen LogP contribution in [0.4, 0.5) is 0 Å². The van der Waals surface area contributed by atoms with Crippen LogP contribution in [0.3, 0.4) is 0 Å². The fourth-order valence-electron chi connectivity index (χ4n) is 1.66. The van der Waals surface area contributed by atoms with Gasteiger partial charge in [0.25, 0.3) is 0 Å². The molecule has 1 aromatic heterocycles. The lowest BCUT2D eigenvalue weighted by Crippen LogP contribution is -2.27. The lowest BCUT2D eigenvalue weighted by atomic mass is 10.1. The molecule has 0 aliphatic heterocycles. The van der Waals surface area contributed by atoms with Gasteiger partial charge in [0.2, 0.25) is 17.7 Å². The normalized spacial score (nSPS) is 12.1. The van der Waals surface area contributed by atoms with Crippen molar-refractivity contribution in [2.45, 2.75) is 26.3 Å². The predicted octanol–water partition coefficient (Wildman–Crippen LogP) is 1.86. The zero-order valence-electron chi connectivity index (χ0n) is 10.4. The Labute approximate surface area is 105 Å². The van der Waals surface area contributed by atoms with Gasteiger partial charge in [0.05, 0.1) is 0 Å². The monoisotopic (exact) mass is 245 g/mol. The first-order valence-electron chi connectivity index (χ1n) is 5.85. The Balaban J connectivity index is 2.33. The van der Waals surface area contributed by atoms with Crippen molar-refractivity contribution in [1.82, 2.24) is 15.5 Å². The molecule has 1 atom stereocenters. The Hall–Kier alpha value is -2.17. The van der Waals surface area contributed by atoms with Crippen molar-refractivity contribution in [2.24, 2.45) is 0 Å². The lowest BCUT2D eigenvalue weighted by Gasteiger charge is -2.14. The largest absolute Gasteiger partial charge is 0.423 e. The maximum Gasteiger partial charge on any atom is 0.243 e. The van der Waals surface area contributed by atoms with E-state index < -0.39 is 6.04 Å². The van der Waals surface area contributed by atoms with E-state index in [4.69, 9.17) is 4.42 Å². The molecule has 0 unspecified atom stereocenters. The minimum atomic E-state index is -0.392. The molecule has 0 fully saturated rings. The van der Waals surface area contributed by atoms with Crippen LogP contribution in [-0.2, 0) is 11.2 Å². The molecule has 0 aliphatic rings. The first-order chi connectivity index (χ1) is 8.70. The average Bonchev–Trinajstić information content (AvgIpc) is 2.85. The zero-order chi connectivity index (χ0) is 13.0. The molecular formula is C13H15N3O2. The van der Waals surface area contributed by atoms with Crippen LogP contribution >= 0.6 is 0 Å². The van der Waals surface area contributed by atoms with Gasteiger partial charge in [-0.2, -0.15) is 0 Å². The summed E-state index contributed by atoms with van der Waals surface area (Å²) in [7, 11) is 0. The molecule has 0 radical (unpaired) electrons. The summed E-state index contributed by atoms with van der Waals surface area (Å²) < 4.78 is 5.51. The molecule has 5 nitrogen and oxygen atoms in total. The van der Waals surface area contributed by atoms with Crippen LogP contribution < -0.4 is 5.32 Å². The highest BCUT2D eigenvalue weighted by Gasteiger charge is 2.21. The van der Waals surface area contributed by atoms with E-state index >= 15 is 0 Å². The number of hydrogen-bond acceptors (Lipinski definition) is 4. The molecule has 2 aromatic rings. The van der Waals surface area contributed by atoms with E-state index in [9.17, 15) is 4.79 Å². The van der Waals surface area contributed by atoms with Crippen molar-refractivity contribution in [3.63, 3.8) is 0 Å². The molecule has 0 saturated heterocycles. The molecule has 0 saturated carbocycles. The lowest BCUT2D eigenvalue weighted by molar-refractivity contribution is -0.119. The Morgan fingerprint density at radius 3 is 2.61 bits per heavy atom. The number of aryl methyl sites for hydroxylation is 1. The van der Waals surface area contributed by atoms with E-state index in [2.05, 4.69) is 15.5 Å². The smallest absolute Gasteiger partial charge is 0.243 e. The third-order valence-corrected chi connectivity index (χ3v) is 2.51. The second-order valence-electron chi connectivity index (χ2n) is 3.93. The van der Waals surface area contributed by atoms with Crippen molar-refractivity contribution < 1.29 is 9.21 Å². The highest BCUT2D eigenvalue weighted by atomic mass is 16.4. The molecule has 1 N–H and O–H groups in total. The summed E-state index contributed by atoms with van der Waals surface area (Å²) in [5, 5.41) is 10.7. The summed E-state index contributed by atoms with van der Waals surface area (Å²) in [5.41, 5.74) is 0.916. The Kier molecular flexibility index (Phi) is 3.72. The molecule has 5 heteroatoms. The number of amides is 1. The van der Waals surface area contributed by atoms with Crippen molar-refractivity contribution in [2.75, 3.05) is 0 Å². The highest BCUT2D eigenvalue weighted by Crippen LogP contribution is 2.20. The number of nitrogens with zero attached hydrogens (tertiary/aromatic N) is 2.